The van der Waals surface area contributed by atoms with Crippen molar-refractivity contribution in [1.82, 2.24) is 0 Å². The van der Waals surface area contributed by atoms with Crippen LogP contribution in [0.1, 0.15) is 12.8 Å². The van der Waals surface area contributed by atoms with Crippen LogP contribution in [0.25, 0.3) is 0 Å². The Kier molecular flexibility index (Phi) is 8.69. The molecule has 3 fully saturated rings. The Morgan fingerprint density at radius 3 is 2.65 bits per heavy atom. The van der Waals surface area contributed by atoms with Crippen molar-refractivity contribution in [2.24, 2.45) is 5.73 Å². The van der Waals surface area contributed by atoms with Gasteiger partial charge in [0.15, 0.2) is 6.29 Å². The summed E-state index contributed by atoms with van der Waals surface area (Å²) in [5, 5.41) is 20.0. The van der Waals surface area contributed by atoms with Gasteiger partial charge in [0.25, 0.3) is 0 Å². The van der Waals surface area contributed by atoms with Gasteiger partial charge in [-0.05, 0) is 25.1 Å². The second kappa shape index (κ2) is 9.42. The normalized spacial score (nSPS) is 37.6. The molecule has 0 aromatic heterocycles. The van der Waals surface area contributed by atoms with Crippen molar-refractivity contribution in [3.05, 3.63) is 0 Å². The molecule has 8 heteroatoms. The number of hydrogen-bond donors (Lipinski definition) is 3. The van der Waals surface area contributed by atoms with E-state index in [1.807, 2.05) is 0 Å². The summed E-state index contributed by atoms with van der Waals surface area (Å²) in [6.07, 6.45) is -1.82. The maximum Gasteiger partial charge on any atom is 0.186 e. The van der Waals surface area contributed by atoms with Crippen LogP contribution < -0.4 is 5.73 Å². The standard InChI is InChI=1S/C12H23NO5S.ClH/c13-3-1-6-19-7-8-11-9(14)10(15)12(18-8)17-5-2-4-16-11;/h8-12,14-15H,1-7,13H2;1H. The van der Waals surface area contributed by atoms with E-state index in [2.05, 4.69) is 0 Å². The first kappa shape index (κ1) is 18.4. The molecule has 4 N–H and O–H groups in total. The molecule has 3 aliphatic rings. The quantitative estimate of drug-likeness (QED) is 0.598. The van der Waals surface area contributed by atoms with Gasteiger partial charge in [0.05, 0.1) is 12.7 Å². The average molecular weight is 330 g/mol. The van der Waals surface area contributed by atoms with Crippen molar-refractivity contribution in [2.45, 2.75) is 43.5 Å². The molecule has 0 aromatic carbocycles. The fraction of sp³-hybridized carbons (Fsp3) is 1.00. The lowest BCUT2D eigenvalue weighted by Crippen LogP contribution is -2.59. The molecule has 3 heterocycles. The zero-order valence-corrected chi connectivity index (χ0v) is 13.0. The molecule has 20 heavy (non-hydrogen) atoms. The summed E-state index contributed by atoms with van der Waals surface area (Å²) in [7, 11) is 0. The third kappa shape index (κ3) is 4.71. The lowest BCUT2D eigenvalue weighted by molar-refractivity contribution is -0.289. The van der Waals surface area contributed by atoms with Crippen LogP contribution in [0.2, 0.25) is 0 Å². The molecule has 3 rings (SSSR count). The number of aliphatic hydroxyl groups excluding tert-OH is 2. The minimum Gasteiger partial charge on any atom is -0.387 e. The highest BCUT2D eigenvalue weighted by Gasteiger charge is 2.46. The average Bonchev–Trinajstić information content (AvgIpc) is 2.55. The predicted octanol–water partition coefficient (Wildman–Crippen LogP) is -0.258. The Morgan fingerprint density at radius 2 is 1.90 bits per heavy atom. The zero-order valence-electron chi connectivity index (χ0n) is 11.3. The van der Waals surface area contributed by atoms with Gasteiger partial charge in [-0.3, -0.25) is 0 Å². The van der Waals surface area contributed by atoms with Gasteiger partial charge in [-0.2, -0.15) is 11.8 Å². The Balaban J connectivity index is 0.00000200. The van der Waals surface area contributed by atoms with Crippen molar-refractivity contribution in [1.29, 1.82) is 0 Å². The molecule has 120 valence electrons. The summed E-state index contributed by atoms with van der Waals surface area (Å²) in [4.78, 5) is 0. The molecule has 0 saturated carbocycles. The minimum absolute atomic E-state index is 0. The fourth-order valence-electron chi connectivity index (χ4n) is 2.25. The Labute approximate surface area is 129 Å². The molecule has 0 aliphatic carbocycles. The van der Waals surface area contributed by atoms with Gasteiger partial charge in [-0.1, -0.05) is 0 Å². The monoisotopic (exact) mass is 329 g/mol. The second-order valence-corrected chi connectivity index (χ2v) is 5.95. The summed E-state index contributed by atoms with van der Waals surface area (Å²) < 4.78 is 16.8. The van der Waals surface area contributed by atoms with Crippen molar-refractivity contribution < 1.29 is 24.4 Å². The van der Waals surface area contributed by atoms with E-state index >= 15 is 0 Å². The third-order valence-electron chi connectivity index (χ3n) is 3.30. The number of nitrogens with two attached hydrogens (primary N) is 1. The van der Waals surface area contributed by atoms with Gasteiger partial charge in [-0.25, -0.2) is 0 Å². The van der Waals surface area contributed by atoms with Crippen molar-refractivity contribution in [3.8, 4) is 0 Å². The number of halogens is 1. The number of hydrogen-bond acceptors (Lipinski definition) is 7. The summed E-state index contributed by atoms with van der Waals surface area (Å²) in [6, 6.07) is 0. The van der Waals surface area contributed by atoms with Crippen LogP contribution >= 0.6 is 24.2 Å². The van der Waals surface area contributed by atoms with E-state index in [0.29, 0.717) is 25.5 Å². The topological polar surface area (TPSA) is 94.2 Å². The Bertz CT molecular complexity index is 274. The zero-order chi connectivity index (χ0) is 13.7. The largest absolute Gasteiger partial charge is 0.387 e. The molecule has 5 unspecified atom stereocenters. The number of fused-ring (bicyclic) bond motifs is 6. The summed E-state index contributed by atoms with van der Waals surface area (Å²) >= 11 is 1.72. The van der Waals surface area contributed by atoms with Crippen LogP contribution in [-0.2, 0) is 14.2 Å². The number of aliphatic hydroxyl groups is 2. The van der Waals surface area contributed by atoms with Crippen molar-refractivity contribution >= 4 is 24.2 Å². The highest BCUT2D eigenvalue weighted by Crippen LogP contribution is 2.28. The highest BCUT2D eigenvalue weighted by atomic mass is 35.5. The second-order valence-electron chi connectivity index (χ2n) is 4.80. The maximum absolute atomic E-state index is 10.1. The number of ether oxygens (including phenoxy) is 3. The molecule has 5 atom stereocenters. The van der Waals surface area contributed by atoms with Crippen LogP contribution in [0.3, 0.4) is 0 Å². The van der Waals surface area contributed by atoms with Gasteiger partial charge >= 0.3 is 0 Å². The molecular weight excluding hydrogens is 306 g/mol. The molecular formula is C12H24ClNO5S. The first-order valence-electron chi connectivity index (χ1n) is 6.76. The summed E-state index contributed by atoms with van der Waals surface area (Å²) in [5.74, 6) is 1.65. The molecule has 6 nitrogen and oxygen atoms in total. The van der Waals surface area contributed by atoms with Gasteiger partial charge < -0.3 is 30.2 Å². The predicted molar refractivity (Wildman–Crippen MR) is 79.2 cm³/mol. The summed E-state index contributed by atoms with van der Waals surface area (Å²) in [5.41, 5.74) is 5.45. The van der Waals surface area contributed by atoms with E-state index < -0.39 is 24.6 Å². The molecule has 0 amide bonds. The van der Waals surface area contributed by atoms with E-state index in [-0.39, 0.29) is 18.5 Å². The van der Waals surface area contributed by atoms with E-state index in [9.17, 15) is 10.2 Å². The van der Waals surface area contributed by atoms with Crippen LogP contribution in [0, 0.1) is 0 Å². The molecule has 3 saturated heterocycles. The van der Waals surface area contributed by atoms with Crippen molar-refractivity contribution in [3.63, 3.8) is 0 Å². The van der Waals surface area contributed by atoms with E-state index in [1.54, 1.807) is 11.8 Å². The number of rotatable bonds is 5. The molecule has 0 radical (unpaired) electrons. The smallest absolute Gasteiger partial charge is 0.186 e. The van der Waals surface area contributed by atoms with Gasteiger partial charge in [0.1, 0.15) is 18.3 Å². The lowest BCUT2D eigenvalue weighted by Gasteiger charge is -2.41. The summed E-state index contributed by atoms with van der Waals surface area (Å²) in [6.45, 7) is 1.65. The van der Waals surface area contributed by atoms with E-state index in [1.165, 1.54) is 0 Å². The molecule has 2 bridgehead atoms. The lowest BCUT2D eigenvalue weighted by atomic mass is 10.00. The van der Waals surface area contributed by atoms with Gasteiger partial charge in [-0.15, -0.1) is 12.4 Å². The van der Waals surface area contributed by atoms with Gasteiger partial charge in [0, 0.05) is 12.4 Å². The molecule has 0 aromatic rings. The first-order valence-corrected chi connectivity index (χ1v) is 7.92. The van der Waals surface area contributed by atoms with Crippen molar-refractivity contribution in [2.75, 3.05) is 31.3 Å². The Hall–Kier alpha value is 0.400. The molecule has 0 spiro atoms. The van der Waals surface area contributed by atoms with E-state index in [4.69, 9.17) is 19.9 Å². The highest BCUT2D eigenvalue weighted by molar-refractivity contribution is 7.99. The maximum atomic E-state index is 10.1. The SMILES string of the molecule is Cl.NCCCSCC1OC2OCCCOC1C(O)C2O. The van der Waals surface area contributed by atoms with E-state index in [0.717, 1.165) is 18.6 Å². The van der Waals surface area contributed by atoms with Crippen LogP contribution in [0.4, 0.5) is 0 Å². The molecule has 3 aliphatic heterocycles. The van der Waals surface area contributed by atoms with Crippen LogP contribution in [0.5, 0.6) is 0 Å². The third-order valence-corrected chi connectivity index (χ3v) is 4.44. The minimum atomic E-state index is -1.05. The van der Waals surface area contributed by atoms with Crippen LogP contribution in [-0.4, -0.2) is 72.2 Å². The Morgan fingerprint density at radius 1 is 1.15 bits per heavy atom. The van der Waals surface area contributed by atoms with Crippen LogP contribution in [0.15, 0.2) is 0 Å². The first-order chi connectivity index (χ1) is 9.24. The van der Waals surface area contributed by atoms with Gasteiger partial charge in [0.2, 0.25) is 0 Å². The fourth-order valence-corrected chi connectivity index (χ4v) is 3.28. The number of thioether (sulfide) groups is 1.